The van der Waals surface area contributed by atoms with Crippen molar-refractivity contribution in [1.82, 2.24) is 5.32 Å². The Bertz CT molecular complexity index is 380. The summed E-state index contributed by atoms with van der Waals surface area (Å²) in [6.45, 7) is 2.76. The summed E-state index contributed by atoms with van der Waals surface area (Å²) in [6.07, 6.45) is 4.40. The van der Waals surface area contributed by atoms with Gasteiger partial charge in [-0.3, -0.25) is 4.79 Å². The van der Waals surface area contributed by atoms with Crippen molar-refractivity contribution in [2.45, 2.75) is 32.6 Å². The fourth-order valence-electron chi connectivity index (χ4n) is 1.52. The van der Waals surface area contributed by atoms with Gasteiger partial charge in [0.2, 0.25) is 0 Å². The first-order valence-electron chi connectivity index (χ1n) is 5.98. The summed E-state index contributed by atoms with van der Waals surface area (Å²) in [6, 6.07) is 4.10. The van der Waals surface area contributed by atoms with Gasteiger partial charge in [-0.2, -0.15) is 0 Å². The molecule has 1 aromatic rings. The van der Waals surface area contributed by atoms with Crippen LogP contribution in [0.4, 0.5) is 10.1 Å². The normalized spacial score (nSPS) is 10.2. The van der Waals surface area contributed by atoms with E-state index >= 15 is 0 Å². The van der Waals surface area contributed by atoms with Crippen molar-refractivity contribution in [3.63, 3.8) is 0 Å². The van der Waals surface area contributed by atoms with Crippen molar-refractivity contribution in [2.75, 3.05) is 12.3 Å². The minimum Gasteiger partial charge on any atom is -0.396 e. The van der Waals surface area contributed by atoms with Gasteiger partial charge in [-0.05, 0) is 24.6 Å². The Kier molecular flexibility index (Phi) is 5.46. The van der Waals surface area contributed by atoms with Crippen LogP contribution in [0, 0.1) is 5.82 Å². The highest BCUT2D eigenvalue weighted by molar-refractivity contribution is 5.94. The number of nitrogen functional groups attached to an aromatic ring is 1. The molecule has 0 aliphatic carbocycles. The zero-order valence-corrected chi connectivity index (χ0v) is 10.1. The van der Waals surface area contributed by atoms with E-state index < -0.39 is 5.82 Å². The summed E-state index contributed by atoms with van der Waals surface area (Å²) >= 11 is 0. The molecular weight excluding hydrogens is 219 g/mol. The Balaban J connectivity index is 2.39. The lowest BCUT2D eigenvalue weighted by atomic mass is 10.1. The molecule has 0 aliphatic heterocycles. The molecule has 0 aliphatic rings. The van der Waals surface area contributed by atoms with E-state index in [0.717, 1.165) is 25.3 Å². The second kappa shape index (κ2) is 6.89. The van der Waals surface area contributed by atoms with Gasteiger partial charge in [0.05, 0.1) is 5.69 Å². The van der Waals surface area contributed by atoms with Gasteiger partial charge in [-0.1, -0.05) is 26.2 Å². The lowest BCUT2D eigenvalue weighted by Crippen LogP contribution is -2.24. The molecule has 1 aromatic carbocycles. The van der Waals surface area contributed by atoms with Gasteiger partial charge in [0.25, 0.3) is 5.91 Å². The molecule has 0 saturated carbocycles. The van der Waals surface area contributed by atoms with Gasteiger partial charge in [-0.15, -0.1) is 0 Å². The molecule has 0 unspecified atom stereocenters. The number of anilines is 1. The van der Waals surface area contributed by atoms with E-state index in [1.807, 2.05) is 0 Å². The molecule has 94 valence electrons. The van der Waals surface area contributed by atoms with Crippen LogP contribution in [0.3, 0.4) is 0 Å². The van der Waals surface area contributed by atoms with Gasteiger partial charge < -0.3 is 11.1 Å². The van der Waals surface area contributed by atoms with E-state index in [0.29, 0.717) is 12.1 Å². The quantitative estimate of drug-likeness (QED) is 0.591. The van der Waals surface area contributed by atoms with E-state index in [1.165, 1.54) is 18.6 Å². The van der Waals surface area contributed by atoms with Crippen LogP contribution in [0.25, 0.3) is 0 Å². The monoisotopic (exact) mass is 238 g/mol. The highest BCUT2D eigenvalue weighted by Gasteiger charge is 2.07. The van der Waals surface area contributed by atoms with Crippen molar-refractivity contribution >= 4 is 11.6 Å². The summed E-state index contributed by atoms with van der Waals surface area (Å²) in [5, 5.41) is 2.76. The number of rotatable bonds is 6. The van der Waals surface area contributed by atoms with Crippen molar-refractivity contribution < 1.29 is 9.18 Å². The first-order valence-corrected chi connectivity index (χ1v) is 5.98. The fourth-order valence-corrected chi connectivity index (χ4v) is 1.52. The van der Waals surface area contributed by atoms with E-state index in [-0.39, 0.29) is 11.6 Å². The first-order chi connectivity index (χ1) is 8.15. The third-order valence-electron chi connectivity index (χ3n) is 2.58. The lowest BCUT2D eigenvalue weighted by molar-refractivity contribution is 0.0952. The number of hydrogen-bond donors (Lipinski definition) is 2. The van der Waals surface area contributed by atoms with Crippen LogP contribution < -0.4 is 11.1 Å². The van der Waals surface area contributed by atoms with E-state index in [2.05, 4.69) is 12.2 Å². The summed E-state index contributed by atoms with van der Waals surface area (Å²) in [4.78, 5) is 11.6. The van der Waals surface area contributed by atoms with Gasteiger partial charge in [0.1, 0.15) is 5.82 Å². The fraction of sp³-hybridized carbons (Fsp3) is 0.462. The first kappa shape index (κ1) is 13.5. The van der Waals surface area contributed by atoms with Gasteiger partial charge in [0.15, 0.2) is 0 Å². The average Bonchev–Trinajstić information content (AvgIpc) is 2.32. The lowest BCUT2D eigenvalue weighted by Gasteiger charge is -2.05. The van der Waals surface area contributed by atoms with Crippen LogP contribution >= 0.6 is 0 Å². The molecule has 0 bridgehead atoms. The molecule has 3 N–H and O–H groups in total. The van der Waals surface area contributed by atoms with Crippen LogP contribution in [0.15, 0.2) is 18.2 Å². The zero-order chi connectivity index (χ0) is 12.7. The highest BCUT2D eigenvalue weighted by Crippen LogP contribution is 2.11. The summed E-state index contributed by atoms with van der Waals surface area (Å²) < 4.78 is 13.1. The molecule has 0 heterocycles. The molecule has 0 atom stereocenters. The molecule has 0 radical (unpaired) electrons. The maximum absolute atomic E-state index is 13.1. The predicted octanol–water partition coefficient (Wildman–Crippen LogP) is 2.72. The van der Waals surface area contributed by atoms with Gasteiger partial charge in [-0.25, -0.2) is 4.39 Å². The molecule has 17 heavy (non-hydrogen) atoms. The van der Waals surface area contributed by atoms with Crippen molar-refractivity contribution in [2.24, 2.45) is 0 Å². The molecule has 3 nitrogen and oxygen atoms in total. The van der Waals surface area contributed by atoms with Crippen LogP contribution in [0.1, 0.15) is 43.0 Å². The number of amides is 1. The molecule has 0 spiro atoms. The minimum atomic E-state index is -0.552. The standard InChI is InChI=1S/C13H19FN2O/c1-2-3-4-5-8-16-13(17)10-6-7-12(15)11(14)9-10/h6-7,9H,2-5,8,15H2,1H3,(H,16,17). The maximum atomic E-state index is 13.1. The Morgan fingerprint density at radius 2 is 2.12 bits per heavy atom. The second-order valence-corrected chi connectivity index (χ2v) is 4.05. The predicted molar refractivity (Wildman–Crippen MR) is 67.3 cm³/mol. The topological polar surface area (TPSA) is 55.1 Å². The van der Waals surface area contributed by atoms with E-state index in [4.69, 9.17) is 5.73 Å². The summed E-state index contributed by atoms with van der Waals surface area (Å²) in [5.41, 5.74) is 5.71. The number of benzene rings is 1. The third kappa shape index (κ3) is 4.43. The molecule has 0 fully saturated rings. The molecule has 4 heteroatoms. The maximum Gasteiger partial charge on any atom is 0.251 e. The number of hydrogen-bond acceptors (Lipinski definition) is 2. The SMILES string of the molecule is CCCCCCNC(=O)c1ccc(N)c(F)c1. The molecule has 0 aromatic heterocycles. The molecule has 1 amide bonds. The van der Waals surface area contributed by atoms with Crippen LogP contribution in [-0.2, 0) is 0 Å². The van der Waals surface area contributed by atoms with Crippen LogP contribution in [-0.4, -0.2) is 12.5 Å². The zero-order valence-electron chi connectivity index (χ0n) is 10.1. The van der Waals surface area contributed by atoms with Crippen LogP contribution in [0.5, 0.6) is 0 Å². The Labute approximate surface area is 101 Å². The van der Waals surface area contributed by atoms with Crippen LogP contribution in [0.2, 0.25) is 0 Å². The van der Waals surface area contributed by atoms with E-state index in [1.54, 1.807) is 0 Å². The van der Waals surface area contributed by atoms with Gasteiger partial charge >= 0.3 is 0 Å². The number of halogens is 1. The highest BCUT2D eigenvalue weighted by atomic mass is 19.1. The Morgan fingerprint density at radius 1 is 1.35 bits per heavy atom. The Hall–Kier alpha value is -1.58. The summed E-state index contributed by atoms with van der Waals surface area (Å²) in [5.74, 6) is -0.802. The van der Waals surface area contributed by atoms with E-state index in [9.17, 15) is 9.18 Å². The van der Waals surface area contributed by atoms with Gasteiger partial charge in [0, 0.05) is 12.1 Å². The van der Waals surface area contributed by atoms with Crippen molar-refractivity contribution in [1.29, 1.82) is 0 Å². The van der Waals surface area contributed by atoms with Crippen molar-refractivity contribution in [3.8, 4) is 0 Å². The number of unbranched alkanes of at least 4 members (excludes halogenated alkanes) is 3. The number of carbonyl (C=O) groups excluding carboxylic acids is 1. The summed E-state index contributed by atoms with van der Waals surface area (Å²) in [7, 11) is 0. The number of nitrogens with one attached hydrogen (secondary N) is 1. The molecule has 1 rings (SSSR count). The molecule has 0 saturated heterocycles. The number of carbonyl (C=O) groups is 1. The Morgan fingerprint density at radius 3 is 2.76 bits per heavy atom. The largest absolute Gasteiger partial charge is 0.396 e. The smallest absolute Gasteiger partial charge is 0.251 e. The number of nitrogens with two attached hydrogens (primary N) is 1. The molecular formula is C13H19FN2O. The average molecular weight is 238 g/mol. The van der Waals surface area contributed by atoms with Crippen molar-refractivity contribution in [3.05, 3.63) is 29.6 Å². The minimum absolute atomic E-state index is 0.0597. The third-order valence-corrected chi connectivity index (χ3v) is 2.58. The second-order valence-electron chi connectivity index (χ2n) is 4.05.